The van der Waals surface area contributed by atoms with Crippen LogP contribution in [0.3, 0.4) is 0 Å². The first kappa shape index (κ1) is 17.8. The minimum atomic E-state index is -4.61. The van der Waals surface area contributed by atoms with Crippen LogP contribution in [0.1, 0.15) is 11.1 Å². The Kier molecular flexibility index (Phi) is 4.73. The fourth-order valence-corrected chi connectivity index (χ4v) is 4.39. The monoisotopic (exact) mass is 450 g/mol. The van der Waals surface area contributed by atoms with Crippen LogP contribution in [0.5, 0.6) is 0 Å². The molecule has 0 heterocycles. The van der Waals surface area contributed by atoms with E-state index in [4.69, 9.17) is 11.5 Å². The third-order valence-corrected chi connectivity index (χ3v) is 5.69. The first-order valence-electron chi connectivity index (χ1n) is 6.10. The van der Waals surface area contributed by atoms with Crippen LogP contribution < -0.4 is 18.7 Å². The normalized spacial score (nSPS) is 12.4. The molecule has 0 unspecified atom stereocenters. The fourth-order valence-electron chi connectivity index (χ4n) is 1.82. The minimum absolute atomic E-state index is 0.329. The summed E-state index contributed by atoms with van der Waals surface area (Å²) in [7, 11) is 0. The van der Waals surface area contributed by atoms with E-state index in [2.05, 4.69) is 0 Å². The third-order valence-electron chi connectivity index (χ3n) is 2.90. The molecule has 2 nitrogen and oxygen atoms in total. The van der Waals surface area contributed by atoms with Crippen molar-refractivity contribution in [3.63, 3.8) is 0 Å². The number of benzene rings is 2. The molecular weight excluding hydrogens is 438 g/mol. The molecular formula is C14H10F6N2Te. The molecule has 23 heavy (non-hydrogen) atoms. The molecule has 0 radical (unpaired) electrons. The standard InChI is InChI=1S/C14H10F6N2Te/c15-13(16,17)9-5-7(1-3-11(9)21)23-8-2-4-12(22)10(6-8)14(18,19)20/h1-6H,21-22H2. The first-order chi connectivity index (χ1) is 10.5. The van der Waals surface area contributed by atoms with Crippen LogP contribution in [-0.2, 0) is 12.4 Å². The van der Waals surface area contributed by atoms with Crippen LogP contribution in [-0.4, -0.2) is 20.9 Å². The van der Waals surface area contributed by atoms with E-state index >= 15 is 0 Å². The van der Waals surface area contributed by atoms with Crippen LogP contribution in [0.2, 0.25) is 0 Å². The van der Waals surface area contributed by atoms with Gasteiger partial charge in [-0.3, -0.25) is 0 Å². The second-order valence-electron chi connectivity index (χ2n) is 4.60. The number of anilines is 2. The van der Waals surface area contributed by atoms with Gasteiger partial charge in [-0.25, -0.2) is 0 Å². The van der Waals surface area contributed by atoms with E-state index in [0.29, 0.717) is 7.22 Å². The molecule has 0 aromatic heterocycles. The quantitative estimate of drug-likeness (QED) is 0.422. The van der Waals surface area contributed by atoms with Crippen molar-refractivity contribution in [1.82, 2.24) is 0 Å². The molecule has 0 saturated carbocycles. The van der Waals surface area contributed by atoms with Crippen LogP contribution in [0.25, 0.3) is 0 Å². The Labute approximate surface area is 137 Å². The SMILES string of the molecule is Nc1ccc([Te]c2ccc(N)c(C(F)(F)F)c2)cc1C(F)(F)F. The van der Waals surface area contributed by atoms with Gasteiger partial charge in [0.1, 0.15) is 0 Å². The van der Waals surface area contributed by atoms with Gasteiger partial charge in [0.25, 0.3) is 0 Å². The number of rotatable bonds is 2. The molecule has 2 aromatic carbocycles. The Morgan fingerprint density at radius 1 is 0.652 bits per heavy atom. The van der Waals surface area contributed by atoms with E-state index < -0.39 is 55.8 Å². The van der Waals surface area contributed by atoms with Crippen molar-refractivity contribution in [2.45, 2.75) is 12.4 Å². The van der Waals surface area contributed by atoms with Gasteiger partial charge >= 0.3 is 137 Å². The van der Waals surface area contributed by atoms with Crippen LogP contribution in [0, 0.1) is 0 Å². The first-order valence-corrected chi connectivity index (χ1v) is 8.43. The van der Waals surface area contributed by atoms with Crippen molar-refractivity contribution < 1.29 is 26.3 Å². The Balaban J connectivity index is 2.37. The fraction of sp³-hybridized carbons (Fsp3) is 0.143. The molecule has 0 spiro atoms. The zero-order valence-electron chi connectivity index (χ0n) is 11.3. The average molecular weight is 448 g/mol. The third kappa shape index (κ3) is 4.24. The molecule has 0 fully saturated rings. The average Bonchev–Trinajstić information content (AvgIpc) is 2.40. The molecule has 0 bridgehead atoms. The van der Waals surface area contributed by atoms with Gasteiger partial charge in [0.05, 0.1) is 0 Å². The molecule has 2 aromatic rings. The summed E-state index contributed by atoms with van der Waals surface area (Å²) in [5.74, 6) is 0. The predicted molar refractivity (Wildman–Crippen MR) is 76.7 cm³/mol. The number of hydrogen-bond donors (Lipinski definition) is 2. The number of alkyl halides is 6. The molecule has 0 atom stereocenters. The van der Waals surface area contributed by atoms with Gasteiger partial charge in [-0.2, -0.15) is 0 Å². The maximum atomic E-state index is 12.8. The summed E-state index contributed by atoms with van der Waals surface area (Å²) in [6.45, 7) is 0. The van der Waals surface area contributed by atoms with Gasteiger partial charge in [0.2, 0.25) is 0 Å². The molecule has 0 aliphatic rings. The van der Waals surface area contributed by atoms with Gasteiger partial charge in [0.15, 0.2) is 0 Å². The summed E-state index contributed by atoms with van der Waals surface area (Å²) in [6.07, 6.45) is -9.21. The number of nitrogens with two attached hydrogens (primary N) is 2. The van der Waals surface area contributed by atoms with E-state index in [1.165, 1.54) is 12.1 Å². The van der Waals surface area contributed by atoms with E-state index in [-0.39, 0.29) is 0 Å². The number of halogens is 6. The van der Waals surface area contributed by atoms with E-state index in [9.17, 15) is 26.3 Å². The zero-order valence-corrected chi connectivity index (χ0v) is 13.6. The number of nitrogen functional groups attached to an aromatic ring is 2. The molecule has 0 saturated heterocycles. The molecule has 4 N–H and O–H groups in total. The van der Waals surface area contributed by atoms with Crippen LogP contribution >= 0.6 is 0 Å². The Morgan fingerprint density at radius 2 is 1.00 bits per heavy atom. The van der Waals surface area contributed by atoms with Crippen molar-refractivity contribution in [3.8, 4) is 0 Å². The number of hydrogen-bond acceptors (Lipinski definition) is 2. The zero-order chi connectivity index (χ0) is 17.4. The van der Waals surface area contributed by atoms with Gasteiger partial charge in [-0.15, -0.1) is 0 Å². The van der Waals surface area contributed by atoms with Gasteiger partial charge in [-0.1, -0.05) is 0 Å². The Morgan fingerprint density at radius 3 is 1.30 bits per heavy atom. The summed E-state index contributed by atoms with van der Waals surface area (Å²) in [5.41, 5.74) is 7.81. The van der Waals surface area contributed by atoms with E-state index in [1.807, 2.05) is 0 Å². The van der Waals surface area contributed by atoms with E-state index in [0.717, 1.165) is 24.3 Å². The summed E-state index contributed by atoms with van der Waals surface area (Å²) in [5, 5.41) is 0. The molecule has 0 amide bonds. The topological polar surface area (TPSA) is 52.0 Å². The summed E-state index contributed by atoms with van der Waals surface area (Å²) in [4.78, 5) is 0. The Bertz CT molecular complexity index is 663. The van der Waals surface area contributed by atoms with Gasteiger partial charge < -0.3 is 0 Å². The van der Waals surface area contributed by atoms with Gasteiger partial charge in [-0.05, 0) is 0 Å². The van der Waals surface area contributed by atoms with Crippen molar-refractivity contribution >= 4 is 39.5 Å². The predicted octanol–water partition coefficient (Wildman–Crippen LogP) is 2.54. The molecule has 0 aliphatic heterocycles. The van der Waals surface area contributed by atoms with Crippen LogP contribution in [0.4, 0.5) is 37.7 Å². The molecule has 2 rings (SSSR count). The van der Waals surface area contributed by atoms with Crippen molar-refractivity contribution in [2.75, 3.05) is 11.5 Å². The van der Waals surface area contributed by atoms with E-state index in [1.54, 1.807) is 0 Å². The molecule has 0 aliphatic carbocycles. The maximum absolute atomic E-state index is 12.8. The molecule has 124 valence electrons. The second-order valence-corrected chi connectivity index (χ2v) is 7.87. The van der Waals surface area contributed by atoms with Crippen molar-refractivity contribution in [2.24, 2.45) is 0 Å². The summed E-state index contributed by atoms with van der Waals surface area (Å²) in [6, 6.07) is 6.81. The summed E-state index contributed by atoms with van der Waals surface area (Å²) >= 11 is -1.44. The Hall–Kier alpha value is -1.59. The second kappa shape index (κ2) is 6.13. The summed E-state index contributed by atoms with van der Waals surface area (Å²) < 4.78 is 77.5. The van der Waals surface area contributed by atoms with Crippen molar-refractivity contribution in [3.05, 3.63) is 47.5 Å². The molecule has 9 heteroatoms. The van der Waals surface area contributed by atoms with Crippen molar-refractivity contribution in [1.29, 1.82) is 0 Å². The van der Waals surface area contributed by atoms with Gasteiger partial charge in [0, 0.05) is 0 Å². The van der Waals surface area contributed by atoms with Crippen LogP contribution in [0.15, 0.2) is 36.4 Å².